The Morgan fingerprint density at radius 2 is 1.61 bits per heavy atom. The van der Waals surface area contributed by atoms with E-state index in [-0.39, 0.29) is 23.8 Å². The Morgan fingerprint density at radius 3 is 2.29 bits per heavy atom. The predicted molar refractivity (Wildman–Crippen MR) is 113 cm³/mol. The highest BCUT2D eigenvalue weighted by atomic mass is 19.1. The molecule has 0 saturated heterocycles. The van der Waals surface area contributed by atoms with Gasteiger partial charge >= 0.3 is 0 Å². The Labute approximate surface area is 180 Å². The standard InChI is InChI=1S/C24H24FNO5/c1-29-20-13-22(31-3)21(30-2)11-14(20)15-12-23(28)26(17-8-5-4-7-16(17)25)18-9-6-10-19(27)24(15)18/h4-5,7-8,11,13,15H,6,9-10,12H2,1-3H3/t15-/m1/s1. The fourth-order valence-corrected chi connectivity index (χ4v) is 4.50. The number of ketones is 1. The van der Waals surface area contributed by atoms with Crippen LogP contribution in [0.3, 0.4) is 0 Å². The van der Waals surface area contributed by atoms with E-state index in [0.29, 0.717) is 53.3 Å². The Morgan fingerprint density at radius 1 is 0.935 bits per heavy atom. The monoisotopic (exact) mass is 425 g/mol. The number of rotatable bonds is 5. The highest BCUT2D eigenvalue weighted by Crippen LogP contribution is 2.48. The molecule has 162 valence electrons. The zero-order valence-corrected chi connectivity index (χ0v) is 17.7. The quantitative estimate of drug-likeness (QED) is 0.711. The Balaban J connectivity index is 1.92. The lowest BCUT2D eigenvalue weighted by molar-refractivity contribution is -0.120. The average molecular weight is 425 g/mol. The smallest absolute Gasteiger partial charge is 0.232 e. The minimum Gasteiger partial charge on any atom is -0.496 e. The summed E-state index contributed by atoms with van der Waals surface area (Å²) in [5, 5.41) is 0. The van der Waals surface area contributed by atoms with Gasteiger partial charge in [0, 0.05) is 41.7 Å². The SMILES string of the molecule is COc1cc(OC)c([C@H]2CC(=O)N(c3ccccc3F)C3=C2C(=O)CCC3)cc1OC. The van der Waals surface area contributed by atoms with Gasteiger partial charge in [-0.1, -0.05) is 12.1 Å². The van der Waals surface area contributed by atoms with Crippen molar-refractivity contribution in [3.8, 4) is 17.2 Å². The number of nitrogens with zero attached hydrogens (tertiary/aromatic N) is 1. The van der Waals surface area contributed by atoms with Crippen molar-refractivity contribution in [1.29, 1.82) is 0 Å². The topological polar surface area (TPSA) is 65.1 Å². The van der Waals surface area contributed by atoms with Gasteiger partial charge in [-0.15, -0.1) is 0 Å². The number of methoxy groups -OCH3 is 3. The lowest BCUT2D eigenvalue weighted by atomic mass is 9.76. The second-order valence-electron chi connectivity index (χ2n) is 7.52. The van der Waals surface area contributed by atoms with Crippen LogP contribution in [0.1, 0.15) is 37.2 Å². The summed E-state index contributed by atoms with van der Waals surface area (Å²) in [6, 6.07) is 9.58. The first kappa shape index (κ1) is 20.9. The fourth-order valence-electron chi connectivity index (χ4n) is 4.50. The van der Waals surface area contributed by atoms with E-state index in [1.54, 1.807) is 30.3 Å². The van der Waals surface area contributed by atoms with Crippen molar-refractivity contribution in [2.75, 3.05) is 26.2 Å². The first-order valence-electron chi connectivity index (χ1n) is 10.1. The van der Waals surface area contributed by atoms with Crippen molar-refractivity contribution in [3.05, 3.63) is 59.0 Å². The van der Waals surface area contributed by atoms with E-state index in [9.17, 15) is 14.0 Å². The zero-order chi connectivity index (χ0) is 22.1. The number of para-hydroxylation sites is 1. The van der Waals surface area contributed by atoms with E-state index in [2.05, 4.69) is 0 Å². The van der Waals surface area contributed by atoms with Crippen LogP contribution < -0.4 is 19.1 Å². The van der Waals surface area contributed by atoms with Crippen molar-refractivity contribution in [2.24, 2.45) is 0 Å². The lowest BCUT2D eigenvalue weighted by Crippen LogP contribution is -2.41. The van der Waals surface area contributed by atoms with E-state index < -0.39 is 11.7 Å². The van der Waals surface area contributed by atoms with E-state index >= 15 is 0 Å². The van der Waals surface area contributed by atoms with Crippen molar-refractivity contribution in [2.45, 2.75) is 31.6 Å². The molecule has 0 unspecified atom stereocenters. The summed E-state index contributed by atoms with van der Waals surface area (Å²) in [6.07, 6.45) is 1.55. The number of benzene rings is 2. The van der Waals surface area contributed by atoms with Crippen LogP contribution in [0.25, 0.3) is 0 Å². The minimum absolute atomic E-state index is 0.0186. The van der Waals surface area contributed by atoms with Crippen LogP contribution in [0.5, 0.6) is 17.2 Å². The molecule has 0 N–H and O–H groups in total. The fraction of sp³-hybridized carbons (Fsp3) is 0.333. The lowest BCUT2D eigenvalue weighted by Gasteiger charge is -2.38. The first-order valence-corrected chi connectivity index (χ1v) is 10.1. The maximum atomic E-state index is 14.6. The van der Waals surface area contributed by atoms with E-state index in [4.69, 9.17) is 14.2 Å². The molecule has 2 aromatic carbocycles. The second-order valence-corrected chi connectivity index (χ2v) is 7.52. The molecule has 1 atom stereocenters. The highest BCUT2D eigenvalue weighted by molar-refractivity contribution is 6.07. The molecular weight excluding hydrogens is 401 g/mol. The number of carbonyl (C=O) groups is 2. The van der Waals surface area contributed by atoms with E-state index in [1.165, 1.54) is 32.3 Å². The van der Waals surface area contributed by atoms with Gasteiger partial charge in [-0.25, -0.2) is 4.39 Å². The van der Waals surface area contributed by atoms with Crippen molar-refractivity contribution in [1.82, 2.24) is 0 Å². The van der Waals surface area contributed by atoms with E-state index in [1.807, 2.05) is 0 Å². The molecule has 1 amide bonds. The minimum atomic E-state index is -0.506. The van der Waals surface area contributed by atoms with Crippen LogP contribution in [0, 0.1) is 5.82 Å². The van der Waals surface area contributed by atoms with Crippen molar-refractivity contribution >= 4 is 17.4 Å². The number of ether oxygens (including phenoxy) is 3. The highest BCUT2D eigenvalue weighted by Gasteiger charge is 2.41. The third-order valence-corrected chi connectivity index (χ3v) is 5.88. The number of Topliss-reactive ketones (excluding diaryl/α,β-unsaturated/α-hetero) is 1. The largest absolute Gasteiger partial charge is 0.496 e. The normalized spacial score (nSPS) is 18.7. The molecule has 0 spiro atoms. The summed E-state index contributed by atoms with van der Waals surface area (Å²) in [5.41, 5.74) is 1.95. The molecule has 6 nitrogen and oxygen atoms in total. The molecule has 0 bridgehead atoms. The molecule has 1 aliphatic heterocycles. The van der Waals surface area contributed by atoms with Gasteiger partial charge in [0.25, 0.3) is 0 Å². The predicted octanol–water partition coefficient (Wildman–Crippen LogP) is 4.38. The van der Waals surface area contributed by atoms with Gasteiger partial charge in [0.1, 0.15) is 11.6 Å². The number of carbonyl (C=O) groups excluding carboxylic acids is 2. The summed E-state index contributed by atoms with van der Waals surface area (Å²) >= 11 is 0. The molecule has 31 heavy (non-hydrogen) atoms. The van der Waals surface area contributed by atoms with Gasteiger partial charge in [0.05, 0.1) is 27.0 Å². The molecule has 0 radical (unpaired) electrons. The Bertz CT molecular complexity index is 1080. The van der Waals surface area contributed by atoms with Crippen LogP contribution in [0.2, 0.25) is 0 Å². The zero-order valence-electron chi connectivity index (χ0n) is 17.7. The summed E-state index contributed by atoms with van der Waals surface area (Å²) in [4.78, 5) is 27.7. The van der Waals surface area contributed by atoms with E-state index in [0.717, 1.165) is 0 Å². The summed E-state index contributed by atoms with van der Waals surface area (Å²) < 4.78 is 30.9. The number of hydrogen-bond acceptors (Lipinski definition) is 5. The molecule has 7 heteroatoms. The molecule has 1 heterocycles. The van der Waals surface area contributed by atoms with Crippen LogP contribution >= 0.6 is 0 Å². The molecule has 0 aromatic heterocycles. The van der Waals surface area contributed by atoms with Crippen molar-refractivity contribution < 1.29 is 28.2 Å². The Hall–Kier alpha value is -3.35. The number of amides is 1. The van der Waals surface area contributed by atoms with Gasteiger partial charge < -0.3 is 14.2 Å². The number of halogens is 1. The maximum Gasteiger partial charge on any atom is 0.232 e. The summed E-state index contributed by atoms with van der Waals surface area (Å²) in [7, 11) is 4.58. The molecule has 1 aliphatic carbocycles. The molecule has 0 saturated carbocycles. The Kier molecular flexibility index (Phi) is 5.67. The van der Waals surface area contributed by atoms with Crippen LogP contribution in [-0.4, -0.2) is 33.0 Å². The average Bonchev–Trinajstić information content (AvgIpc) is 2.78. The second kappa shape index (κ2) is 8.41. The molecular formula is C24H24FNO5. The summed E-state index contributed by atoms with van der Waals surface area (Å²) in [6.45, 7) is 0. The van der Waals surface area contributed by atoms with Crippen LogP contribution in [0.4, 0.5) is 10.1 Å². The molecule has 2 aromatic rings. The van der Waals surface area contributed by atoms with Crippen LogP contribution in [0.15, 0.2) is 47.7 Å². The van der Waals surface area contributed by atoms with Crippen molar-refractivity contribution in [3.63, 3.8) is 0 Å². The van der Waals surface area contributed by atoms with Gasteiger partial charge in [0.15, 0.2) is 17.3 Å². The van der Waals surface area contributed by atoms with Gasteiger partial charge in [0.2, 0.25) is 5.91 Å². The maximum absolute atomic E-state index is 14.6. The van der Waals surface area contributed by atoms with Gasteiger partial charge in [-0.2, -0.15) is 0 Å². The molecule has 4 rings (SSSR count). The first-order chi connectivity index (χ1) is 15.0. The van der Waals surface area contributed by atoms with Gasteiger partial charge in [-0.05, 0) is 31.0 Å². The van der Waals surface area contributed by atoms with Crippen LogP contribution in [-0.2, 0) is 9.59 Å². The third kappa shape index (κ3) is 3.54. The number of anilines is 1. The molecule has 0 fully saturated rings. The number of allylic oxidation sites excluding steroid dienone is 2. The summed E-state index contributed by atoms with van der Waals surface area (Å²) in [5.74, 6) is 0.170. The third-order valence-electron chi connectivity index (χ3n) is 5.88. The van der Waals surface area contributed by atoms with Gasteiger partial charge in [-0.3, -0.25) is 14.5 Å². The molecule has 2 aliphatic rings. The number of hydrogen-bond donors (Lipinski definition) is 0.